The molecule has 1 aliphatic heterocycles. The molecule has 12 heteroatoms. The summed E-state index contributed by atoms with van der Waals surface area (Å²) in [6.07, 6.45) is -0.369. The van der Waals surface area contributed by atoms with E-state index < -0.39 is 0 Å². The molecule has 0 aliphatic carbocycles. The van der Waals surface area contributed by atoms with E-state index in [1.165, 1.54) is 0 Å². The molecule has 0 saturated carbocycles. The lowest BCUT2D eigenvalue weighted by Crippen LogP contribution is -2.09. The van der Waals surface area contributed by atoms with Crippen molar-refractivity contribution in [3.8, 4) is 141 Å². The van der Waals surface area contributed by atoms with Crippen LogP contribution in [-0.4, -0.2) is 34.9 Å². The molecule has 1 aliphatic rings. The summed E-state index contributed by atoms with van der Waals surface area (Å²) < 4.78 is 27.2. The van der Waals surface area contributed by atoms with Crippen molar-refractivity contribution in [1.82, 2.24) is 34.9 Å². The van der Waals surface area contributed by atoms with Gasteiger partial charge in [-0.2, -0.15) is 0 Å². The summed E-state index contributed by atoms with van der Waals surface area (Å²) in [7, 11) is 0. The molecule has 488 valence electrons. The quantitative estimate of drug-likeness (QED) is 0.117. The predicted molar refractivity (Wildman–Crippen MR) is 414 cm³/mol. The van der Waals surface area contributed by atoms with Gasteiger partial charge in [-0.05, 0) is 105 Å². The molecular formula is C92H56N8O4. The summed E-state index contributed by atoms with van der Waals surface area (Å²) >= 11 is 0. The Balaban J connectivity index is 0.617. The number of benzene rings is 14. The van der Waals surface area contributed by atoms with Crippen molar-refractivity contribution in [1.29, 1.82) is 0 Å². The number of nitrogens with one attached hydrogen (secondary N) is 1. The van der Waals surface area contributed by atoms with Crippen molar-refractivity contribution in [2.75, 3.05) is 5.32 Å². The Labute approximate surface area is 596 Å². The number of para-hydroxylation sites is 3. The molecule has 0 spiro atoms. The lowest BCUT2D eigenvalue weighted by Gasteiger charge is -2.13. The zero-order valence-electron chi connectivity index (χ0n) is 55.5. The Hall–Kier alpha value is -14.2. The van der Waals surface area contributed by atoms with Crippen molar-refractivity contribution < 1.29 is 18.0 Å². The SMILES string of the molecule is c1ccc(-c2ccc3c(c2)OC(c2ccc(-c4cc(-c5ccc(-c6ccc7oc(-c8ccc(-c9cccc%10c9oc9c(-c%11nc(-c%12ccccc%12)nc(-c%12ccccc%12)n%11)cccc9%10)cc8)nc7c6)cc5)cc5c4oc4c(-c6nc(-c7ccccc7)nc(-c7ccccc7)n6)cccc45)cc2)N3)cc1. The van der Waals surface area contributed by atoms with Gasteiger partial charge in [-0.15, -0.1) is 0 Å². The summed E-state index contributed by atoms with van der Waals surface area (Å²) in [5, 5.41) is 7.47. The van der Waals surface area contributed by atoms with E-state index in [2.05, 4.69) is 181 Å². The van der Waals surface area contributed by atoms with Crippen molar-refractivity contribution in [2.45, 2.75) is 6.23 Å². The average Bonchev–Trinajstić information content (AvgIpc) is 1.59. The number of furan rings is 2. The lowest BCUT2D eigenvalue weighted by molar-refractivity contribution is 0.260. The van der Waals surface area contributed by atoms with Crippen LogP contribution in [-0.2, 0) is 0 Å². The first kappa shape index (κ1) is 59.8. The first-order valence-electron chi connectivity index (χ1n) is 34.5. The molecule has 1 unspecified atom stereocenters. The minimum absolute atomic E-state index is 0.369. The van der Waals surface area contributed by atoms with Gasteiger partial charge in [0.05, 0.1) is 16.8 Å². The van der Waals surface area contributed by atoms with E-state index in [1.54, 1.807) is 0 Å². The van der Waals surface area contributed by atoms with Crippen LogP contribution in [0.5, 0.6) is 5.75 Å². The second-order valence-electron chi connectivity index (χ2n) is 25.9. The number of oxazole rings is 1. The summed E-state index contributed by atoms with van der Waals surface area (Å²) in [5.74, 6) is 4.71. The molecule has 0 saturated heterocycles. The van der Waals surface area contributed by atoms with Crippen LogP contribution in [0.2, 0.25) is 0 Å². The maximum atomic E-state index is 7.19. The number of ether oxygens (including phenoxy) is 1. The van der Waals surface area contributed by atoms with E-state index in [9.17, 15) is 0 Å². The molecular weight excluding hydrogens is 1280 g/mol. The number of nitrogens with zero attached hydrogens (tertiary/aromatic N) is 7. The van der Waals surface area contributed by atoms with Crippen LogP contribution < -0.4 is 10.1 Å². The Bertz CT molecular complexity index is 6390. The number of fused-ring (bicyclic) bond motifs is 8. The van der Waals surface area contributed by atoms with Gasteiger partial charge in [-0.1, -0.05) is 267 Å². The zero-order chi connectivity index (χ0) is 68.6. The Morgan fingerprint density at radius 2 is 0.635 bits per heavy atom. The van der Waals surface area contributed by atoms with Crippen LogP contribution in [0.25, 0.3) is 190 Å². The second kappa shape index (κ2) is 24.9. The molecule has 20 rings (SSSR count). The third-order valence-electron chi connectivity index (χ3n) is 19.5. The van der Waals surface area contributed by atoms with E-state index in [-0.39, 0.29) is 6.23 Å². The summed E-state index contributed by atoms with van der Waals surface area (Å²) in [4.78, 5) is 35.4. The highest BCUT2D eigenvalue weighted by Gasteiger charge is 2.27. The van der Waals surface area contributed by atoms with Gasteiger partial charge in [-0.25, -0.2) is 34.9 Å². The van der Waals surface area contributed by atoms with E-state index in [0.29, 0.717) is 57.6 Å². The fourth-order valence-electron chi connectivity index (χ4n) is 14.3. The fraction of sp³-hybridized carbons (Fsp3) is 0.0109. The van der Waals surface area contributed by atoms with Crippen LogP contribution in [0.4, 0.5) is 5.69 Å². The van der Waals surface area contributed by atoms with Crippen LogP contribution in [0, 0.1) is 0 Å². The van der Waals surface area contributed by atoms with E-state index in [4.69, 9.17) is 52.9 Å². The fourth-order valence-corrected chi connectivity index (χ4v) is 14.3. The third kappa shape index (κ3) is 10.8. The number of hydrogen-bond acceptors (Lipinski definition) is 12. The highest BCUT2D eigenvalue weighted by Crippen LogP contribution is 2.46. The van der Waals surface area contributed by atoms with E-state index in [1.807, 2.05) is 152 Å². The molecule has 1 atom stereocenters. The lowest BCUT2D eigenvalue weighted by atomic mass is 9.94. The van der Waals surface area contributed by atoms with Crippen molar-refractivity contribution in [2.24, 2.45) is 0 Å². The molecule has 0 radical (unpaired) electrons. The third-order valence-corrected chi connectivity index (χ3v) is 19.5. The van der Waals surface area contributed by atoms with Crippen molar-refractivity contribution >= 4 is 60.7 Å². The number of rotatable bonds is 13. The molecule has 6 heterocycles. The smallest absolute Gasteiger partial charge is 0.227 e. The van der Waals surface area contributed by atoms with Crippen LogP contribution in [0.1, 0.15) is 11.8 Å². The molecule has 12 nitrogen and oxygen atoms in total. The standard InChI is InChI=1S/C92H56N8O4/c1-6-19-55(20-7-1)67-47-49-77-80(54-67)102-91(93-77)64-45-41-59(42-46-64)75-51-68(52-76-72-32-18-34-74(83(72)104-84(75)76)90-99-87(62-25-12-4-13-26-62)96-88(100-90)63-27-14-5-15-28-63)57-37-35-56(36-38-57)66-48-50-79-78(53-66)94-92(101-79)65-43-39-58(40-44-65)69-29-16-30-70-71-31-17-33-73(82(71)103-81(69)70)89-97-85(60-21-8-2-9-22-60)95-86(98-89)61-23-10-3-11-24-61/h1-54,91,93H. The van der Waals surface area contributed by atoms with Crippen LogP contribution >= 0.6 is 0 Å². The Morgan fingerprint density at radius 1 is 0.240 bits per heavy atom. The van der Waals surface area contributed by atoms with Gasteiger partial charge in [-0.3, -0.25) is 0 Å². The van der Waals surface area contributed by atoms with E-state index in [0.717, 1.165) is 150 Å². The number of anilines is 1. The Kier molecular flexibility index (Phi) is 14.3. The van der Waals surface area contributed by atoms with Crippen LogP contribution in [0.15, 0.2) is 341 Å². The molecule has 104 heavy (non-hydrogen) atoms. The van der Waals surface area contributed by atoms with Gasteiger partial charge < -0.3 is 23.3 Å². The first-order chi connectivity index (χ1) is 51.5. The Morgan fingerprint density at radius 3 is 1.17 bits per heavy atom. The van der Waals surface area contributed by atoms with Crippen molar-refractivity contribution in [3.63, 3.8) is 0 Å². The molecule has 19 aromatic rings. The monoisotopic (exact) mass is 1340 g/mol. The van der Waals surface area contributed by atoms with Crippen molar-refractivity contribution in [3.05, 3.63) is 333 Å². The maximum Gasteiger partial charge on any atom is 0.227 e. The molecule has 0 amide bonds. The van der Waals surface area contributed by atoms with Gasteiger partial charge in [0.25, 0.3) is 0 Å². The van der Waals surface area contributed by atoms with Gasteiger partial charge in [0.15, 0.2) is 46.8 Å². The predicted octanol–water partition coefficient (Wildman–Crippen LogP) is 23.5. The number of aromatic nitrogens is 7. The summed E-state index contributed by atoms with van der Waals surface area (Å²) in [5.41, 5.74) is 22.5. The highest BCUT2D eigenvalue weighted by molar-refractivity contribution is 6.15. The largest absolute Gasteiger partial charge is 0.464 e. The maximum absolute atomic E-state index is 7.19. The van der Waals surface area contributed by atoms with Gasteiger partial charge in [0.2, 0.25) is 5.89 Å². The molecule has 1 N–H and O–H groups in total. The highest BCUT2D eigenvalue weighted by atomic mass is 16.5. The van der Waals surface area contributed by atoms with Gasteiger partial charge in [0, 0.05) is 66.1 Å². The molecule has 14 aromatic carbocycles. The molecule has 5 aromatic heterocycles. The normalized spacial score (nSPS) is 12.7. The summed E-state index contributed by atoms with van der Waals surface area (Å²) in [6.45, 7) is 0. The average molecular weight is 1340 g/mol. The van der Waals surface area contributed by atoms with Crippen LogP contribution in [0.3, 0.4) is 0 Å². The summed E-state index contributed by atoms with van der Waals surface area (Å²) in [6, 6.07) is 112. The topological polar surface area (TPSA) is 151 Å². The zero-order valence-corrected chi connectivity index (χ0v) is 55.5. The minimum Gasteiger partial charge on any atom is -0.464 e. The van der Waals surface area contributed by atoms with Gasteiger partial charge >= 0.3 is 0 Å². The van der Waals surface area contributed by atoms with Gasteiger partial charge in [0.1, 0.15) is 33.6 Å². The first-order valence-corrected chi connectivity index (χ1v) is 34.5. The molecule has 0 fully saturated rings. The minimum atomic E-state index is -0.369. The molecule has 0 bridgehead atoms. The van der Waals surface area contributed by atoms with E-state index >= 15 is 0 Å². The number of hydrogen-bond donors (Lipinski definition) is 1. The second-order valence-corrected chi connectivity index (χ2v) is 25.9.